The first-order valence-corrected chi connectivity index (χ1v) is 7.35. The van der Waals surface area contributed by atoms with E-state index in [1.165, 1.54) is 19.2 Å². The number of pyridine rings is 1. The predicted octanol–water partition coefficient (Wildman–Crippen LogP) is 3.61. The molecule has 0 unspecified atom stereocenters. The highest BCUT2D eigenvalue weighted by atomic mass is 19.1. The van der Waals surface area contributed by atoms with Crippen molar-refractivity contribution < 1.29 is 13.5 Å². The number of methoxy groups -OCH3 is 1. The summed E-state index contributed by atoms with van der Waals surface area (Å²) < 4.78 is 32.9. The number of hydrogen-bond acceptors (Lipinski definition) is 3. The number of aromatic nitrogens is 1. The van der Waals surface area contributed by atoms with Crippen molar-refractivity contribution >= 4 is 0 Å². The van der Waals surface area contributed by atoms with Crippen molar-refractivity contribution in [3.63, 3.8) is 0 Å². The summed E-state index contributed by atoms with van der Waals surface area (Å²) in [7, 11) is 1.51. The fourth-order valence-corrected chi connectivity index (χ4v) is 2.60. The van der Waals surface area contributed by atoms with E-state index in [0.717, 1.165) is 12.8 Å². The average molecular weight is 304 g/mol. The molecule has 22 heavy (non-hydrogen) atoms. The van der Waals surface area contributed by atoms with Crippen LogP contribution < -0.4 is 10.1 Å². The highest BCUT2D eigenvalue weighted by molar-refractivity contribution is 5.32. The molecule has 1 aromatic carbocycles. The summed E-state index contributed by atoms with van der Waals surface area (Å²) in [6.07, 6.45) is 3.65. The van der Waals surface area contributed by atoms with Gasteiger partial charge >= 0.3 is 0 Å². The molecule has 1 aliphatic carbocycles. The molecule has 0 amide bonds. The third-order valence-electron chi connectivity index (χ3n) is 3.96. The standard InChI is InChI=1S/C17H18F2N2O/c1-22-12-6-7-13(15(19)9-12)17(11-4-5-11)21-10-16-14(18)3-2-8-20-16/h2-3,6-9,11,17,21H,4-5,10H2,1H3/t17-/m0/s1. The Morgan fingerprint density at radius 2 is 2.09 bits per heavy atom. The molecule has 0 spiro atoms. The van der Waals surface area contributed by atoms with E-state index in [4.69, 9.17) is 4.74 Å². The van der Waals surface area contributed by atoms with Gasteiger partial charge in [0.15, 0.2) is 0 Å². The van der Waals surface area contributed by atoms with E-state index in [0.29, 0.717) is 22.9 Å². The normalized spacial score (nSPS) is 15.6. The number of hydrogen-bond donors (Lipinski definition) is 1. The van der Waals surface area contributed by atoms with Gasteiger partial charge in [0.2, 0.25) is 0 Å². The third-order valence-corrected chi connectivity index (χ3v) is 3.96. The lowest BCUT2D eigenvalue weighted by molar-refractivity contribution is 0.406. The van der Waals surface area contributed by atoms with Gasteiger partial charge in [-0.25, -0.2) is 8.78 Å². The predicted molar refractivity (Wildman–Crippen MR) is 79.5 cm³/mol. The van der Waals surface area contributed by atoms with Crippen molar-refractivity contribution in [2.24, 2.45) is 5.92 Å². The van der Waals surface area contributed by atoms with Crippen LogP contribution in [0.5, 0.6) is 5.75 Å². The van der Waals surface area contributed by atoms with Crippen molar-refractivity contribution in [1.82, 2.24) is 10.3 Å². The molecule has 1 N–H and O–H groups in total. The van der Waals surface area contributed by atoms with E-state index < -0.39 is 0 Å². The van der Waals surface area contributed by atoms with Crippen LogP contribution in [0.3, 0.4) is 0 Å². The molecule has 116 valence electrons. The SMILES string of the molecule is COc1ccc([C@@H](NCc2ncccc2F)C2CC2)c(F)c1. The van der Waals surface area contributed by atoms with Crippen LogP contribution in [-0.2, 0) is 6.54 Å². The maximum absolute atomic E-state index is 14.3. The topological polar surface area (TPSA) is 34.1 Å². The van der Waals surface area contributed by atoms with Crippen LogP contribution in [0.4, 0.5) is 8.78 Å². The zero-order chi connectivity index (χ0) is 15.5. The lowest BCUT2D eigenvalue weighted by Gasteiger charge is -2.20. The van der Waals surface area contributed by atoms with Gasteiger partial charge in [0, 0.05) is 30.4 Å². The van der Waals surface area contributed by atoms with Gasteiger partial charge in [-0.05, 0) is 37.0 Å². The third kappa shape index (κ3) is 3.25. The van der Waals surface area contributed by atoms with Gasteiger partial charge in [0.25, 0.3) is 0 Å². The van der Waals surface area contributed by atoms with Crippen molar-refractivity contribution in [3.8, 4) is 5.75 Å². The molecule has 0 bridgehead atoms. The quantitative estimate of drug-likeness (QED) is 0.885. The molecule has 0 radical (unpaired) electrons. The van der Waals surface area contributed by atoms with Gasteiger partial charge in [-0.15, -0.1) is 0 Å². The summed E-state index contributed by atoms with van der Waals surface area (Å²) in [5.74, 6) is 0.228. The molecule has 2 aromatic rings. The molecule has 0 saturated heterocycles. The van der Waals surface area contributed by atoms with Gasteiger partial charge in [0.1, 0.15) is 17.4 Å². The molecule has 3 nitrogen and oxygen atoms in total. The highest BCUT2D eigenvalue weighted by Gasteiger charge is 2.33. The van der Waals surface area contributed by atoms with Gasteiger partial charge in [-0.3, -0.25) is 4.98 Å². The van der Waals surface area contributed by atoms with E-state index in [1.54, 1.807) is 24.4 Å². The summed E-state index contributed by atoms with van der Waals surface area (Å²) in [4.78, 5) is 4.02. The van der Waals surface area contributed by atoms with Crippen LogP contribution in [-0.4, -0.2) is 12.1 Å². The molecular formula is C17H18F2N2O. The first-order chi connectivity index (χ1) is 10.7. The second kappa shape index (κ2) is 6.40. The van der Waals surface area contributed by atoms with Crippen molar-refractivity contribution in [1.29, 1.82) is 0 Å². The second-order valence-electron chi connectivity index (χ2n) is 5.52. The van der Waals surface area contributed by atoms with Gasteiger partial charge < -0.3 is 10.1 Å². The fourth-order valence-electron chi connectivity index (χ4n) is 2.60. The Morgan fingerprint density at radius 1 is 1.27 bits per heavy atom. The minimum Gasteiger partial charge on any atom is -0.497 e. The van der Waals surface area contributed by atoms with Gasteiger partial charge in [-0.1, -0.05) is 6.07 Å². The summed E-state index contributed by atoms with van der Waals surface area (Å²) in [6, 6.07) is 7.67. The Bertz CT molecular complexity index is 659. The van der Waals surface area contributed by atoms with Crippen molar-refractivity contribution in [2.45, 2.75) is 25.4 Å². The van der Waals surface area contributed by atoms with Gasteiger partial charge in [0.05, 0.1) is 12.8 Å². The molecule has 1 fully saturated rings. The lowest BCUT2D eigenvalue weighted by atomic mass is 10.0. The Labute approximate surface area is 128 Å². The van der Waals surface area contributed by atoms with Crippen LogP contribution in [0, 0.1) is 17.6 Å². The van der Waals surface area contributed by atoms with E-state index in [-0.39, 0.29) is 24.2 Å². The Hall–Kier alpha value is -2.01. The molecule has 0 aliphatic heterocycles. The monoisotopic (exact) mass is 304 g/mol. The highest BCUT2D eigenvalue weighted by Crippen LogP contribution is 2.42. The van der Waals surface area contributed by atoms with Crippen LogP contribution in [0.2, 0.25) is 0 Å². The zero-order valence-corrected chi connectivity index (χ0v) is 12.4. The summed E-state index contributed by atoms with van der Waals surface area (Å²) >= 11 is 0. The summed E-state index contributed by atoms with van der Waals surface area (Å²) in [6.45, 7) is 0.277. The van der Waals surface area contributed by atoms with Crippen LogP contribution in [0.1, 0.15) is 30.1 Å². The molecule has 1 atom stereocenters. The molecule has 5 heteroatoms. The Morgan fingerprint density at radius 3 is 2.73 bits per heavy atom. The zero-order valence-electron chi connectivity index (χ0n) is 12.4. The van der Waals surface area contributed by atoms with E-state index in [2.05, 4.69) is 10.3 Å². The Balaban J connectivity index is 1.77. The summed E-state index contributed by atoms with van der Waals surface area (Å²) in [5.41, 5.74) is 0.946. The van der Waals surface area contributed by atoms with Crippen LogP contribution >= 0.6 is 0 Å². The van der Waals surface area contributed by atoms with E-state index in [9.17, 15) is 8.78 Å². The van der Waals surface area contributed by atoms with Crippen molar-refractivity contribution in [3.05, 3.63) is 59.4 Å². The van der Waals surface area contributed by atoms with Crippen LogP contribution in [0.15, 0.2) is 36.5 Å². The number of benzene rings is 1. The van der Waals surface area contributed by atoms with Crippen molar-refractivity contribution in [2.75, 3.05) is 7.11 Å². The average Bonchev–Trinajstić information content (AvgIpc) is 3.35. The van der Waals surface area contributed by atoms with Crippen LogP contribution in [0.25, 0.3) is 0 Å². The molecule has 1 aliphatic rings. The molecule has 1 saturated carbocycles. The lowest BCUT2D eigenvalue weighted by Crippen LogP contribution is -2.24. The number of nitrogens with zero attached hydrogens (tertiary/aromatic N) is 1. The molecule has 3 rings (SSSR count). The van der Waals surface area contributed by atoms with E-state index >= 15 is 0 Å². The number of halogens is 2. The first kappa shape index (κ1) is 14.9. The maximum atomic E-state index is 14.3. The first-order valence-electron chi connectivity index (χ1n) is 7.35. The van der Waals surface area contributed by atoms with Gasteiger partial charge in [-0.2, -0.15) is 0 Å². The smallest absolute Gasteiger partial charge is 0.146 e. The minimum atomic E-state index is -0.347. The number of rotatable bonds is 6. The maximum Gasteiger partial charge on any atom is 0.146 e. The summed E-state index contributed by atoms with van der Waals surface area (Å²) in [5, 5.41) is 3.25. The largest absolute Gasteiger partial charge is 0.497 e. The fraction of sp³-hybridized carbons (Fsp3) is 0.353. The molecule has 1 aromatic heterocycles. The molecular weight excluding hydrogens is 286 g/mol. The molecule has 1 heterocycles. The Kier molecular flexibility index (Phi) is 4.34. The minimum absolute atomic E-state index is 0.132. The number of nitrogens with one attached hydrogen (secondary N) is 1. The number of ether oxygens (including phenoxy) is 1. The second-order valence-corrected chi connectivity index (χ2v) is 5.52. The van der Waals surface area contributed by atoms with E-state index in [1.807, 2.05) is 0 Å².